The van der Waals surface area contributed by atoms with Crippen molar-refractivity contribution in [2.45, 2.75) is 19.0 Å². The minimum absolute atomic E-state index is 0.0612. The quantitative estimate of drug-likeness (QED) is 0.435. The van der Waals surface area contributed by atoms with Crippen LogP contribution in [0.4, 0.5) is 0 Å². The van der Waals surface area contributed by atoms with Crippen molar-refractivity contribution in [2.24, 2.45) is 0 Å². The Morgan fingerprint density at radius 1 is 1.19 bits per heavy atom. The number of thiophene rings is 1. The van der Waals surface area contributed by atoms with E-state index in [1.807, 2.05) is 12.1 Å². The van der Waals surface area contributed by atoms with Gasteiger partial charge in [-0.2, -0.15) is 0 Å². The van der Waals surface area contributed by atoms with Crippen molar-refractivity contribution in [1.29, 1.82) is 0 Å². The average molecular weight is 519 g/mol. The monoisotopic (exact) mass is 517 g/mol. The molecule has 10 heteroatoms. The molecular weight excluding hydrogens is 501 g/mol. The fourth-order valence-electron chi connectivity index (χ4n) is 3.70. The van der Waals surface area contributed by atoms with Gasteiger partial charge >= 0.3 is 0 Å². The summed E-state index contributed by atoms with van der Waals surface area (Å²) >= 11 is 20.2. The summed E-state index contributed by atoms with van der Waals surface area (Å²) in [5.74, 6) is 0.371. The lowest BCUT2D eigenvalue weighted by molar-refractivity contribution is 0.0686. The molecule has 0 aliphatic carbocycles. The highest BCUT2D eigenvalue weighted by molar-refractivity contribution is 7.91. The molecule has 1 atom stereocenters. The molecule has 0 saturated carbocycles. The van der Waals surface area contributed by atoms with Gasteiger partial charge in [-0.1, -0.05) is 46.9 Å². The summed E-state index contributed by atoms with van der Waals surface area (Å²) in [7, 11) is -1.61. The van der Waals surface area contributed by atoms with Crippen LogP contribution in [0.5, 0.6) is 5.75 Å². The zero-order valence-corrected chi connectivity index (χ0v) is 20.3. The van der Waals surface area contributed by atoms with E-state index >= 15 is 0 Å². The summed E-state index contributed by atoms with van der Waals surface area (Å²) in [5.41, 5.74) is 0.858. The number of amides is 1. The van der Waals surface area contributed by atoms with Crippen molar-refractivity contribution in [3.63, 3.8) is 0 Å². The van der Waals surface area contributed by atoms with Crippen LogP contribution >= 0.6 is 46.1 Å². The molecule has 0 N–H and O–H groups in total. The van der Waals surface area contributed by atoms with Crippen LogP contribution in [0.1, 0.15) is 21.7 Å². The number of carbonyl (C=O) groups is 1. The van der Waals surface area contributed by atoms with Gasteiger partial charge in [-0.3, -0.25) is 4.79 Å². The number of hydrogen-bond acceptors (Lipinski definition) is 5. The third kappa shape index (κ3) is 4.66. The number of carbonyl (C=O) groups excluding carboxylic acids is 1. The lowest BCUT2D eigenvalue weighted by atomic mass is 10.1. The van der Waals surface area contributed by atoms with E-state index in [0.29, 0.717) is 37.2 Å². The SMILES string of the molecule is COc1ccc(CN(C(=O)c2sc3cc(Cl)cc(Cl)c3c2Cl)[C@@H]2CCS(=O)(=O)C2)cc1. The zero-order valence-electron chi connectivity index (χ0n) is 16.4. The van der Waals surface area contributed by atoms with Crippen LogP contribution in [-0.4, -0.2) is 43.9 Å². The summed E-state index contributed by atoms with van der Waals surface area (Å²) in [6.07, 6.45) is 0.388. The predicted octanol–water partition coefficient (Wildman–Crippen LogP) is 5.70. The van der Waals surface area contributed by atoms with Crippen LogP contribution in [0, 0.1) is 0 Å². The Hall–Kier alpha value is -1.51. The Bertz CT molecular complexity index is 1260. The molecular formula is C21H18Cl3NO4S2. The van der Waals surface area contributed by atoms with Crippen molar-refractivity contribution >= 4 is 72.0 Å². The minimum atomic E-state index is -3.19. The maximum atomic E-state index is 13.6. The molecule has 3 aromatic rings. The summed E-state index contributed by atoms with van der Waals surface area (Å²) in [5, 5.41) is 1.65. The van der Waals surface area contributed by atoms with Gasteiger partial charge in [0.15, 0.2) is 9.84 Å². The molecule has 31 heavy (non-hydrogen) atoms. The van der Waals surface area contributed by atoms with E-state index in [9.17, 15) is 13.2 Å². The summed E-state index contributed by atoms with van der Waals surface area (Å²) in [4.78, 5) is 15.5. The van der Waals surface area contributed by atoms with Gasteiger partial charge in [0.05, 0.1) is 28.7 Å². The predicted molar refractivity (Wildman–Crippen MR) is 127 cm³/mol. The second-order valence-electron chi connectivity index (χ2n) is 7.34. The number of benzene rings is 2. The van der Waals surface area contributed by atoms with Crippen molar-refractivity contribution < 1.29 is 17.9 Å². The van der Waals surface area contributed by atoms with Gasteiger partial charge in [-0.15, -0.1) is 11.3 Å². The van der Waals surface area contributed by atoms with Crippen LogP contribution < -0.4 is 4.74 Å². The second kappa shape index (κ2) is 8.79. The van der Waals surface area contributed by atoms with Gasteiger partial charge in [-0.05, 0) is 36.2 Å². The van der Waals surface area contributed by atoms with E-state index in [-0.39, 0.29) is 29.0 Å². The van der Waals surface area contributed by atoms with Crippen LogP contribution in [0.3, 0.4) is 0 Å². The fraction of sp³-hybridized carbons (Fsp3) is 0.286. The Labute approximate surface area is 199 Å². The normalized spacial score (nSPS) is 17.7. The molecule has 1 fully saturated rings. The zero-order chi connectivity index (χ0) is 22.3. The van der Waals surface area contributed by atoms with Crippen LogP contribution in [0.2, 0.25) is 15.1 Å². The molecule has 1 aliphatic heterocycles. The standard InChI is InChI=1S/C21H18Cl3NO4S2/c1-29-15-4-2-12(3-5-15)10-25(14-6-7-31(27,28)11-14)21(26)20-19(24)18-16(23)8-13(22)9-17(18)30-20/h2-5,8-9,14H,6-7,10-11H2,1H3/t14-/m1/s1. The molecule has 2 heterocycles. The first kappa shape index (κ1) is 22.7. The van der Waals surface area contributed by atoms with Crippen LogP contribution in [-0.2, 0) is 16.4 Å². The van der Waals surface area contributed by atoms with Gasteiger partial charge in [0.1, 0.15) is 10.6 Å². The Morgan fingerprint density at radius 3 is 2.52 bits per heavy atom. The Kier molecular flexibility index (Phi) is 6.43. The molecule has 0 spiro atoms. The number of nitrogens with zero attached hydrogens (tertiary/aromatic N) is 1. The van der Waals surface area contributed by atoms with E-state index in [1.54, 1.807) is 36.3 Å². The van der Waals surface area contributed by atoms with E-state index in [2.05, 4.69) is 0 Å². The molecule has 0 unspecified atom stereocenters. The van der Waals surface area contributed by atoms with Crippen molar-refractivity contribution in [1.82, 2.24) is 4.90 Å². The molecule has 1 saturated heterocycles. The number of hydrogen-bond donors (Lipinski definition) is 0. The number of methoxy groups -OCH3 is 1. The average Bonchev–Trinajstić information content (AvgIpc) is 3.25. The summed E-state index contributed by atoms with van der Waals surface area (Å²) in [6.45, 7) is 0.252. The van der Waals surface area contributed by atoms with E-state index in [4.69, 9.17) is 39.5 Å². The Balaban J connectivity index is 1.74. The molecule has 164 valence electrons. The largest absolute Gasteiger partial charge is 0.497 e. The fourth-order valence-corrected chi connectivity index (χ4v) is 7.76. The molecule has 2 aromatic carbocycles. The van der Waals surface area contributed by atoms with E-state index in [1.165, 1.54) is 11.3 Å². The smallest absolute Gasteiger partial charge is 0.266 e. The number of halogens is 3. The maximum absolute atomic E-state index is 13.6. The molecule has 4 rings (SSSR count). The highest BCUT2D eigenvalue weighted by Crippen LogP contribution is 2.42. The van der Waals surface area contributed by atoms with Crippen LogP contribution in [0.15, 0.2) is 36.4 Å². The maximum Gasteiger partial charge on any atom is 0.266 e. The minimum Gasteiger partial charge on any atom is -0.497 e. The third-order valence-electron chi connectivity index (χ3n) is 5.27. The first-order valence-corrected chi connectivity index (χ1v) is 13.2. The topological polar surface area (TPSA) is 63.7 Å². The molecule has 0 radical (unpaired) electrons. The Morgan fingerprint density at radius 2 is 1.90 bits per heavy atom. The van der Waals surface area contributed by atoms with Crippen molar-refractivity contribution in [3.05, 3.63) is 61.9 Å². The number of rotatable bonds is 5. The molecule has 1 amide bonds. The van der Waals surface area contributed by atoms with Crippen molar-refractivity contribution in [2.75, 3.05) is 18.6 Å². The lowest BCUT2D eigenvalue weighted by Gasteiger charge is -2.28. The molecule has 0 bridgehead atoms. The van der Waals surface area contributed by atoms with E-state index in [0.717, 1.165) is 5.56 Å². The van der Waals surface area contributed by atoms with E-state index < -0.39 is 15.9 Å². The first-order valence-electron chi connectivity index (χ1n) is 9.40. The van der Waals surface area contributed by atoms with Crippen molar-refractivity contribution in [3.8, 4) is 5.75 Å². The summed E-state index contributed by atoms with van der Waals surface area (Å²) in [6, 6.07) is 10.2. The lowest BCUT2D eigenvalue weighted by Crippen LogP contribution is -2.40. The van der Waals surface area contributed by atoms with Gasteiger partial charge in [0, 0.05) is 27.7 Å². The molecule has 5 nitrogen and oxygen atoms in total. The van der Waals surface area contributed by atoms with Crippen LogP contribution in [0.25, 0.3) is 10.1 Å². The number of fused-ring (bicyclic) bond motifs is 1. The highest BCUT2D eigenvalue weighted by Gasteiger charge is 2.36. The number of ether oxygens (including phenoxy) is 1. The van der Waals surface area contributed by atoms with Gasteiger partial charge in [0.25, 0.3) is 5.91 Å². The highest BCUT2D eigenvalue weighted by atomic mass is 35.5. The summed E-state index contributed by atoms with van der Waals surface area (Å²) < 4.78 is 30.1. The number of sulfone groups is 1. The molecule has 1 aliphatic rings. The van der Waals surface area contributed by atoms with Gasteiger partial charge < -0.3 is 9.64 Å². The second-order valence-corrected chi connectivity index (χ2v) is 11.8. The van der Waals surface area contributed by atoms with Gasteiger partial charge in [-0.25, -0.2) is 8.42 Å². The third-order valence-corrected chi connectivity index (χ3v) is 9.15. The first-order chi connectivity index (χ1) is 14.7. The van der Waals surface area contributed by atoms with Gasteiger partial charge in [0.2, 0.25) is 0 Å². The molecule has 1 aromatic heterocycles.